The molecule has 0 bridgehead atoms. The zero-order valence-electron chi connectivity index (χ0n) is 41.0. The molecule has 12 aromatic carbocycles. The molecular weight excluding hydrogens is 881 g/mol. The average molecular weight is 933 g/mol. The molecule has 0 heterocycles. The molecule has 73 heavy (non-hydrogen) atoms. The first-order valence-electron chi connectivity index (χ1n) is 25.3. The smallest absolute Gasteiger partial charge is 0.0473 e. The largest absolute Gasteiger partial charge is 0.310 e. The summed E-state index contributed by atoms with van der Waals surface area (Å²) in [7, 11) is 0. The van der Waals surface area contributed by atoms with Crippen LogP contribution >= 0.6 is 0 Å². The number of para-hydroxylation sites is 2. The molecule has 0 atom stereocenters. The van der Waals surface area contributed by atoms with Crippen LogP contribution in [0.5, 0.6) is 0 Å². The van der Waals surface area contributed by atoms with E-state index in [1.165, 1.54) is 88.3 Å². The molecule has 2 nitrogen and oxygen atoms in total. The highest BCUT2D eigenvalue weighted by atomic mass is 15.1. The minimum Gasteiger partial charge on any atom is -0.310 e. The highest BCUT2D eigenvalue weighted by Crippen LogP contribution is 2.56. The fourth-order valence-electron chi connectivity index (χ4n) is 11.5. The normalized spacial score (nSPS) is 12.4. The third-order valence-corrected chi connectivity index (χ3v) is 14.9. The van der Waals surface area contributed by atoms with E-state index in [-0.39, 0.29) is 5.41 Å². The van der Waals surface area contributed by atoms with Gasteiger partial charge in [-0.1, -0.05) is 208 Å². The summed E-state index contributed by atoms with van der Waals surface area (Å²) in [6.07, 6.45) is 0. The minimum atomic E-state index is -0.332. The van der Waals surface area contributed by atoms with Crippen molar-refractivity contribution in [2.75, 3.05) is 9.80 Å². The highest BCUT2D eigenvalue weighted by Gasteiger charge is 2.39. The zero-order chi connectivity index (χ0) is 48.9. The molecule has 0 saturated carbocycles. The van der Waals surface area contributed by atoms with Crippen LogP contribution in [0.3, 0.4) is 0 Å². The van der Waals surface area contributed by atoms with Gasteiger partial charge in [-0.25, -0.2) is 0 Å². The number of fused-ring (bicyclic) bond motifs is 8. The van der Waals surface area contributed by atoms with Crippen molar-refractivity contribution in [1.82, 2.24) is 0 Å². The van der Waals surface area contributed by atoms with Gasteiger partial charge in [0.25, 0.3) is 0 Å². The molecule has 0 aromatic heterocycles. The second-order valence-corrected chi connectivity index (χ2v) is 19.7. The zero-order valence-corrected chi connectivity index (χ0v) is 41.0. The van der Waals surface area contributed by atoms with Crippen LogP contribution < -0.4 is 9.80 Å². The molecule has 0 amide bonds. The Hall–Kier alpha value is -9.24. The molecule has 0 radical (unpaired) electrons. The molecule has 0 fully saturated rings. The second-order valence-electron chi connectivity index (χ2n) is 19.7. The Morgan fingerprint density at radius 1 is 0.247 bits per heavy atom. The molecule has 12 aromatic rings. The molecule has 0 unspecified atom stereocenters. The molecule has 2 heteroatoms. The maximum atomic E-state index is 2.47. The first-order valence-corrected chi connectivity index (χ1v) is 25.3. The summed E-state index contributed by atoms with van der Waals surface area (Å²) in [6, 6.07) is 102. The quantitative estimate of drug-likeness (QED) is 0.126. The molecule has 0 spiro atoms. The van der Waals surface area contributed by atoms with Crippen molar-refractivity contribution in [3.63, 3.8) is 0 Å². The maximum Gasteiger partial charge on any atom is 0.0473 e. The number of hydrogen-bond acceptors (Lipinski definition) is 2. The van der Waals surface area contributed by atoms with Crippen LogP contribution in [-0.4, -0.2) is 0 Å². The summed E-state index contributed by atoms with van der Waals surface area (Å²) in [5, 5.41) is 5.04. The number of rotatable bonds is 10. The first-order chi connectivity index (χ1) is 36.0. The van der Waals surface area contributed by atoms with E-state index in [0.29, 0.717) is 0 Å². The van der Waals surface area contributed by atoms with E-state index in [1.807, 2.05) is 0 Å². The van der Waals surface area contributed by atoms with Gasteiger partial charge >= 0.3 is 0 Å². The fraction of sp³-hybridized carbons (Fsp3) is 0.0423. The second kappa shape index (κ2) is 18.2. The van der Waals surface area contributed by atoms with Gasteiger partial charge in [-0.05, 0) is 173 Å². The monoisotopic (exact) mass is 932 g/mol. The predicted molar refractivity (Wildman–Crippen MR) is 310 cm³/mol. The molecule has 1 aliphatic carbocycles. The van der Waals surface area contributed by atoms with Gasteiger partial charge in [-0.3, -0.25) is 0 Å². The van der Waals surface area contributed by atoms with Gasteiger partial charge in [-0.2, -0.15) is 0 Å². The van der Waals surface area contributed by atoms with E-state index in [1.54, 1.807) is 0 Å². The number of nitrogens with zero attached hydrogens (tertiary/aromatic N) is 2. The topological polar surface area (TPSA) is 6.48 Å². The van der Waals surface area contributed by atoms with Crippen LogP contribution in [0.1, 0.15) is 25.0 Å². The Bertz CT molecular complexity index is 3850. The third-order valence-electron chi connectivity index (χ3n) is 14.9. The lowest BCUT2D eigenvalue weighted by Crippen LogP contribution is -2.17. The van der Waals surface area contributed by atoms with Crippen molar-refractivity contribution in [3.05, 3.63) is 290 Å². The molecular formula is C71H52N2. The molecule has 0 N–H and O–H groups in total. The van der Waals surface area contributed by atoms with E-state index in [9.17, 15) is 0 Å². The van der Waals surface area contributed by atoms with Crippen molar-refractivity contribution in [3.8, 4) is 55.6 Å². The lowest BCUT2D eigenvalue weighted by atomic mass is 9.79. The van der Waals surface area contributed by atoms with Crippen LogP contribution in [-0.2, 0) is 5.41 Å². The van der Waals surface area contributed by atoms with Gasteiger partial charge in [0.2, 0.25) is 0 Å². The molecule has 0 aliphatic heterocycles. The van der Waals surface area contributed by atoms with E-state index >= 15 is 0 Å². The number of hydrogen-bond donors (Lipinski definition) is 0. The van der Waals surface area contributed by atoms with Crippen molar-refractivity contribution in [1.29, 1.82) is 0 Å². The van der Waals surface area contributed by atoms with Gasteiger partial charge in [0, 0.05) is 39.5 Å². The summed E-state index contributed by atoms with van der Waals surface area (Å²) in [5.41, 5.74) is 21.1. The van der Waals surface area contributed by atoms with Gasteiger partial charge in [0.05, 0.1) is 0 Å². The summed E-state index contributed by atoms with van der Waals surface area (Å²) in [6.45, 7) is 4.85. The van der Waals surface area contributed by atoms with Gasteiger partial charge in [-0.15, -0.1) is 0 Å². The minimum absolute atomic E-state index is 0.332. The fourth-order valence-corrected chi connectivity index (χ4v) is 11.5. The highest BCUT2D eigenvalue weighted by molar-refractivity contribution is 6.19. The average Bonchev–Trinajstić information content (AvgIpc) is 3.70. The summed E-state index contributed by atoms with van der Waals surface area (Å²) < 4.78 is 0. The first kappa shape index (κ1) is 43.8. The molecule has 13 rings (SSSR count). The van der Waals surface area contributed by atoms with Crippen LogP contribution in [0.25, 0.3) is 77.2 Å². The Morgan fingerprint density at radius 2 is 0.616 bits per heavy atom. The van der Waals surface area contributed by atoms with Crippen molar-refractivity contribution in [2.45, 2.75) is 19.3 Å². The lowest BCUT2D eigenvalue weighted by Gasteiger charge is -2.29. The van der Waals surface area contributed by atoms with Crippen LogP contribution in [0, 0.1) is 0 Å². The lowest BCUT2D eigenvalue weighted by molar-refractivity contribution is 0.666. The van der Waals surface area contributed by atoms with Gasteiger partial charge < -0.3 is 9.80 Å². The van der Waals surface area contributed by atoms with Gasteiger partial charge in [0.1, 0.15) is 0 Å². The number of anilines is 6. The summed E-state index contributed by atoms with van der Waals surface area (Å²) in [4.78, 5) is 4.87. The predicted octanol–water partition coefficient (Wildman–Crippen LogP) is 19.9. The summed E-state index contributed by atoms with van der Waals surface area (Å²) >= 11 is 0. The Labute approximate surface area is 428 Å². The Balaban J connectivity index is 0.985. The SMILES string of the molecule is CC1(C)c2cc(N(c3ccccc3)c3cc(-c4ccccc4)cc(-c4ccccc4)c3)ccc2-c2c1c1ccc(N(c3ccccc3)c3cc(-c4ccccc4)cc(-c4ccccc4)c3)cc1c1ccccc21. The molecule has 0 saturated heterocycles. The Morgan fingerprint density at radius 3 is 1.05 bits per heavy atom. The third kappa shape index (κ3) is 7.85. The maximum absolute atomic E-state index is 2.47. The van der Waals surface area contributed by atoms with E-state index in [0.717, 1.165) is 34.1 Å². The van der Waals surface area contributed by atoms with Crippen LogP contribution in [0.4, 0.5) is 34.1 Å². The van der Waals surface area contributed by atoms with Crippen molar-refractivity contribution < 1.29 is 0 Å². The van der Waals surface area contributed by atoms with E-state index < -0.39 is 0 Å². The molecule has 1 aliphatic rings. The van der Waals surface area contributed by atoms with E-state index in [4.69, 9.17) is 0 Å². The summed E-state index contributed by atoms with van der Waals surface area (Å²) in [5.74, 6) is 0. The van der Waals surface area contributed by atoms with Crippen LogP contribution in [0.2, 0.25) is 0 Å². The Kier molecular flexibility index (Phi) is 10.9. The number of benzene rings is 12. The van der Waals surface area contributed by atoms with E-state index in [2.05, 4.69) is 303 Å². The standard InChI is InChI=1S/C71H52N2/c1-71(2)68-48-60(73(58-33-19-8-20-34-58)62-45-55(51-27-13-5-14-28-51)42-56(46-62)52-29-15-6-16-30-52)38-40-66(68)69-64-36-22-21-35-63(64)67-47-59(37-39-65(67)70(69)71)72(57-31-17-7-18-32-57)61-43-53(49-23-9-3-10-24-49)41-54(44-61)50-25-11-4-12-26-50/h3-48H,1-2H3. The van der Waals surface area contributed by atoms with Crippen molar-refractivity contribution in [2.24, 2.45) is 0 Å². The van der Waals surface area contributed by atoms with Crippen LogP contribution in [0.15, 0.2) is 279 Å². The van der Waals surface area contributed by atoms with Crippen molar-refractivity contribution >= 4 is 55.7 Å². The van der Waals surface area contributed by atoms with Gasteiger partial charge in [0.15, 0.2) is 0 Å². The molecule has 346 valence electrons.